The van der Waals surface area contributed by atoms with E-state index >= 15 is 0 Å². The van der Waals surface area contributed by atoms with Crippen molar-refractivity contribution in [2.24, 2.45) is 10.9 Å². The van der Waals surface area contributed by atoms with E-state index in [2.05, 4.69) is 44.7 Å². The van der Waals surface area contributed by atoms with Crippen LogP contribution in [0.1, 0.15) is 31.0 Å². The second-order valence-electron chi connectivity index (χ2n) is 6.92. The highest BCUT2D eigenvalue weighted by Gasteiger charge is 2.22. The van der Waals surface area contributed by atoms with E-state index < -0.39 is 0 Å². The third-order valence-corrected chi connectivity index (χ3v) is 5.20. The summed E-state index contributed by atoms with van der Waals surface area (Å²) in [6.45, 7) is 12.1. The zero-order valence-corrected chi connectivity index (χ0v) is 19.6. The lowest BCUT2D eigenvalue weighted by Crippen LogP contribution is -2.51. The zero-order valence-electron chi connectivity index (χ0n) is 16.5. The maximum atomic E-state index is 5.50. The number of hydrogen-bond acceptors (Lipinski definition) is 5. The molecule has 26 heavy (non-hydrogen) atoms. The summed E-state index contributed by atoms with van der Waals surface area (Å²) >= 11 is 1.70. The quantitative estimate of drug-likeness (QED) is 0.330. The molecule has 2 rings (SSSR count). The third-order valence-electron chi connectivity index (χ3n) is 4.37. The Morgan fingerprint density at radius 1 is 1.35 bits per heavy atom. The molecule has 150 valence electrons. The molecule has 0 radical (unpaired) electrons. The highest BCUT2D eigenvalue weighted by Crippen LogP contribution is 2.13. The lowest BCUT2D eigenvalue weighted by Gasteiger charge is -2.35. The number of aromatic nitrogens is 1. The molecule has 1 fully saturated rings. The summed E-state index contributed by atoms with van der Waals surface area (Å²) in [5.74, 6) is 1.55. The predicted molar refractivity (Wildman–Crippen MR) is 121 cm³/mol. The van der Waals surface area contributed by atoms with Crippen molar-refractivity contribution in [3.63, 3.8) is 0 Å². The monoisotopic (exact) mass is 495 g/mol. The molecule has 6 nitrogen and oxygen atoms in total. The molecule has 0 aromatic carbocycles. The van der Waals surface area contributed by atoms with Crippen molar-refractivity contribution in [1.82, 2.24) is 20.5 Å². The number of ether oxygens (including phenoxy) is 1. The van der Waals surface area contributed by atoms with Gasteiger partial charge in [-0.3, -0.25) is 9.89 Å². The summed E-state index contributed by atoms with van der Waals surface area (Å²) in [5.41, 5.74) is 1.15. The van der Waals surface area contributed by atoms with Crippen LogP contribution in [0, 0.1) is 12.8 Å². The first kappa shape index (κ1) is 23.6. The van der Waals surface area contributed by atoms with Crippen LogP contribution in [0.4, 0.5) is 0 Å². The van der Waals surface area contributed by atoms with Gasteiger partial charge in [-0.05, 0) is 19.3 Å². The van der Waals surface area contributed by atoms with Gasteiger partial charge in [0.05, 0.1) is 23.9 Å². The summed E-state index contributed by atoms with van der Waals surface area (Å²) in [7, 11) is 1.83. The summed E-state index contributed by atoms with van der Waals surface area (Å²) in [6.07, 6.45) is 2.10. The third kappa shape index (κ3) is 8.49. The van der Waals surface area contributed by atoms with Gasteiger partial charge >= 0.3 is 0 Å². The Hall–Kier alpha value is -0.450. The molecule has 2 heterocycles. The molecule has 0 spiro atoms. The molecule has 0 amide bonds. The second kappa shape index (κ2) is 12.9. The molecule has 0 aliphatic carbocycles. The van der Waals surface area contributed by atoms with Gasteiger partial charge in [0.2, 0.25) is 0 Å². The maximum absolute atomic E-state index is 5.50. The van der Waals surface area contributed by atoms with Crippen LogP contribution in [0.15, 0.2) is 10.4 Å². The van der Waals surface area contributed by atoms with E-state index in [9.17, 15) is 0 Å². The van der Waals surface area contributed by atoms with Gasteiger partial charge in [-0.2, -0.15) is 0 Å². The number of aliphatic imine (C=N–C) groups is 1. The molecule has 0 saturated carbocycles. The first-order valence-electron chi connectivity index (χ1n) is 9.25. The van der Waals surface area contributed by atoms with Crippen LogP contribution >= 0.6 is 35.3 Å². The molecule has 2 N–H and O–H groups in total. The van der Waals surface area contributed by atoms with Crippen LogP contribution in [0.3, 0.4) is 0 Å². The van der Waals surface area contributed by atoms with Gasteiger partial charge in [-0.25, -0.2) is 4.98 Å². The molecular weight excluding hydrogens is 461 g/mol. The minimum absolute atomic E-state index is 0. The number of rotatable bonds is 8. The molecule has 1 unspecified atom stereocenters. The van der Waals surface area contributed by atoms with Gasteiger partial charge < -0.3 is 15.4 Å². The number of guanidine groups is 1. The van der Waals surface area contributed by atoms with Crippen LogP contribution in [-0.4, -0.2) is 68.3 Å². The van der Waals surface area contributed by atoms with Gasteiger partial charge in [-0.1, -0.05) is 13.8 Å². The number of halogens is 1. The summed E-state index contributed by atoms with van der Waals surface area (Å²) in [4.78, 5) is 11.4. The van der Waals surface area contributed by atoms with Crippen molar-refractivity contribution in [2.75, 3.05) is 46.4 Å². The highest BCUT2D eigenvalue weighted by atomic mass is 127. The predicted octanol–water partition coefficient (Wildman–Crippen LogP) is 2.52. The minimum Gasteiger partial charge on any atom is -0.379 e. The average molecular weight is 495 g/mol. The van der Waals surface area contributed by atoms with E-state index in [-0.39, 0.29) is 24.0 Å². The van der Waals surface area contributed by atoms with E-state index in [0.717, 1.165) is 62.5 Å². The molecule has 8 heteroatoms. The van der Waals surface area contributed by atoms with Crippen molar-refractivity contribution in [2.45, 2.75) is 39.7 Å². The average Bonchev–Trinajstić information content (AvgIpc) is 3.02. The SMILES string of the molecule is CN=C(NCCc1csc(C)n1)NCC(CC(C)C)N1CCOCC1.I. The maximum Gasteiger partial charge on any atom is 0.191 e. The Balaban J connectivity index is 0.00000338. The van der Waals surface area contributed by atoms with E-state index in [1.54, 1.807) is 11.3 Å². The van der Waals surface area contributed by atoms with Gasteiger partial charge in [0.25, 0.3) is 0 Å². The molecular formula is C18H34IN5OS. The standard InChI is InChI=1S/C18H33N5OS.HI/c1-14(2)11-17(23-7-9-24-10-8-23)12-21-18(19-4)20-6-5-16-13-25-15(3)22-16;/h13-14,17H,5-12H2,1-4H3,(H2,19,20,21);1H. The van der Waals surface area contributed by atoms with E-state index in [1.165, 1.54) is 6.42 Å². The van der Waals surface area contributed by atoms with Gasteiger partial charge in [0.1, 0.15) is 0 Å². The van der Waals surface area contributed by atoms with Crippen LogP contribution in [0.5, 0.6) is 0 Å². The fourth-order valence-corrected chi connectivity index (χ4v) is 3.76. The molecule has 1 atom stereocenters. The van der Waals surface area contributed by atoms with E-state index in [4.69, 9.17) is 4.74 Å². The molecule has 1 aliphatic heterocycles. The number of thiazole rings is 1. The lowest BCUT2D eigenvalue weighted by molar-refractivity contribution is 0.0132. The lowest BCUT2D eigenvalue weighted by atomic mass is 10.0. The number of aryl methyl sites for hydroxylation is 1. The Morgan fingerprint density at radius 3 is 2.65 bits per heavy atom. The fourth-order valence-electron chi connectivity index (χ4n) is 3.12. The van der Waals surface area contributed by atoms with E-state index in [0.29, 0.717) is 12.0 Å². The molecule has 0 bridgehead atoms. The second-order valence-corrected chi connectivity index (χ2v) is 7.98. The van der Waals surface area contributed by atoms with Crippen molar-refractivity contribution >= 4 is 41.3 Å². The smallest absolute Gasteiger partial charge is 0.191 e. The molecule has 1 aromatic heterocycles. The van der Waals surface area contributed by atoms with Crippen LogP contribution in [0.25, 0.3) is 0 Å². The molecule has 1 saturated heterocycles. The number of nitrogens with zero attached hydrogens (tertiary/aromatic N) is 3. The number of nitrogens with one attached hydrogen (secondary N) is 2. The molecule has 1 aliphatic rings. The van der Waals surface area contributed by atoms with Crippen molar-refractivity contribution in [3.8, 4) is 0 Å². The summed E-state index contributed by atoms with van der Waals surface area (Å²) in [6, 6.07) is 0.517. The Labute approximate surface area is 179 Å². The normalized spacial score (nSPS) is 17.0. The fraction of sp³-hybridized carbons (Fsp3) is 0.778. The Morgan fingerprint density at radius 2 is 2.08 bits per heavy atom. The van der Waals surface area contributed by atoms with Crippen LogP contribution in [-0.2, 0) is 11.2 Å². The minimum atomic E-state index is 0. The number of morpholine rings is 1. The Kier molecular flexibility index (Phi) is 11.7. The first-order valence-corrected chi connectivity index (χ1v) is 10.1. The zero-order chi connectivity index (χ0) is 18.1. The Bertz CT molecular complexity index is 531. The number of hydrogen-bond donors (Lipinski definition) is 2. The highest BCUT2D eigenvalue weighted by molar-refractivity contribution is 14.0. The van der Waals surface area contributed by atoms with Crippen LogP contribution in [0.2, 0.25) is 0 Å². The molecule has 1 aromatic rings. The van der Waals surface area contributed by atoms with Gasteiger partial charge in [0, 0.05) is 51.1 Å². The van der Waals surface area contributed by atoms with Gasteiger partial charge in [-0.15, -0.1) is 35.3 Å². The summed E-state index contributed by atoms with van der Waals surface area (Å²) < 4.78 is 5.50. The van der Waals surface area contributed by atoms with Crippen LogP contribution < -0.4 is 10.6 Å². The largest absolute Gasteiger partial charge is 0.379 e. The van der Waals surface area contributed by atoms with Crippen molar-refractivity contribution in [1.29, 1.82) is 0 Å². The van der Waals surface area contributed by atoms with Crippen molar-refractivity contribution < 1.29 is 4.74 Å². The van der Waals surface area contributed by atoms with Gasteiger partial charge in [0.15, 0.2) is 5.96 Å². The van der Waals surface area contributed by atoms with Crippen molar-refractivity contribution in [3.05, 3.63) is 16.1 Å². The van der Waals surface area contributed by atoms with E-state index in [1.807, 2.05) is 14.0 Å². The first-order chi connectivity index (χ1) is 12.1. The topological polar surface area (TPSA) is 61.8 Å². The summed E-state index contributed by atoms with van der Waals surface area (Å²) in [5, 5.41) is 10.2.